The lowest BCUT2D eigenvalue weighted by molar-refractivity contribution is 0.0994. The molecule has 0 radical (unpaired) electrons. The molecule has 0 atom stereocenters. The minimum absolute atomic E-state index is 0.0848. The van der Waals surface area contributed by atoms with E-state index in [-0.39, 0.29) is 5.78 Å². The molecule has 3 nitrogen and oxygen atoms in total. The Morgan fingerprint density at radius 2 is 2.10 bits per heavy atom. The van der Waals surface area contributed by atoms with Crippen LogP contribution in [0.2, 0.25) is 0 Å². The molecular weight excluding hydrogens is 336 g/mol. The minimum atomic E-state index is 0.0848. The SMILES string of the molecule is O=C(Cc1cc(Br)cs1)c1cnn(-c2ccccc2)c1. The lowest BCUT2D eigenvalue weighted by Crippen LogP contribution is -2.01. The van der Waals surface area contributed by atoms with E-state index in [0.717, 1.165) is 15.0 Å². The van der Waals surface area contributed by atoms with Crippen LogP contribution in [0.25, 0.3) is 5.69 Å². The summed E-state index contributed by atoms with van der Waals surface area (Å²) < 4.78 is 2.74. The highest BCUT2D eigenvalue weighted by atomic mass is 79.9. The molecule has 5 heteroatoms. The number of carbonyl (C=O) groups is 1. The van der Waals surface area contributed by atoms with Crippen molar-refractivity contribution in [3.8, 4) is 5.69 Å². The molecule has 0 aliphatic rings. The lowest BCUT2D eigenvalue weighted by Gasteiger charge is -1.99. The normalized spacial score (nSPS) is 10.7. The number of benzene rings is 1. The summed E-state index contributed by atoms with van der Waals surface area (Å²) in [6.45, 7) is 0. The maximum Gasteiger partial charge on any atom is 0.171 e. The van der Waals surface area contributed by atoms with Gasteiger partial charge in [0.05, 0.1) is 17.4 Å². The van der Waals surface area contributed by atoms with Crippen molar-refractivity contribution in [2.45, 2.75) is 6.42 Å². The molecule has 3 rings (SSSR count). The summed E-state index contributed by atoms with van der Waals surface area (Å²) in [5, 5.41) is 6.23. The first kappa shape index (κ1) is 13.3. The molecule has 2 heterocycles. The van der Waals surface area contributed by atoms with Gasteiger partial charge in [-0.25, -0.2) is 4.68 Å². The van der Waals surface area contributed by atoms with Crippen LogP contribution in [0.5, 0.6) is 0 Å². The predicted molar refractivity (Wildman–Crippen MR) is 83.6 cm³/mol. The van der Waals surface area contributed by atoms with Crippen molar-refractivity contribution in [3.05, 3.63) is 69.1 Å². The molecule has 0 spiro atoms. The van der Waals surface area contributed by atoms with Crippen LogP contribution in [0, 0.1) is 0 Å². The molecule has 0 amide bonds. The van der Waals surface area contributed by atoms with Gasteiger partial charge < -0.3 is 0 Å². The molecule has 0 fully saturated rings. The summed E-state index contributed by atoms with van der Waals surface area (Å²) in [6.07, 6.45) is 3.81. The van der Waals surface area contributed by atoms with Gasteiger partial charge in [0.1, 0.15) is 0 Å². The van der Waals surface area contributed by atoms with E-state index in [1.807, 2.05) is 41.8 Å². The average molecular weight is 347 g/mol. The van der Waals surface area contributed by atoms with E-state index in [1.54, 1.807) is 28.4 Å². The van der Waals surface area contributed by atoms with Gasteiger partial charge in [0, 0.05) is 27.3 Å². The Kier molecular flexibility index (Phi) is 3.80. The third-order valence-corrected chi connectivity index (χ3v) is 4.58. The standard InChI is InChI=1S/C15H11BrN2OS/c16-12-6-14(20-10-12)7-15(19)11-8-17-18(9-11)13-4-2-1-3-5-13/h1-6,8-10H,7H2. The monoisotopic (exact) mass is 346 g/mol. The number of rotatable bonds is 4. The molecule has 0 saturated heterocycles. The number of halogens is 1. The van der Waals surface area contributed by atoms with Crippen LogP contribution in [0.3, 0.4) is 0 Å². The molecular formula is C15H11BrN2OS. The molecule has 0 bridgehead atoms. The van der Waals surface area contributed by atoms with Gasteiger partial charge in [-0.05, 0) is 34.1 Å². The molecule has 0 N–H and O–H groups in total. The molecule has 2 aromatic heterocycles. The molecule has 100 valence electrons. The third-order valence-electron chi connectivity index (χ3n) is 2.88. The third kappa shape index (κ3) is 2.89. The smallest absolute Gasteiger partial charge is 0.171 e. The Hall–Kier alpha value is -1.72. The number of para-hydroxylation sites is 1. The van der Waals surface area contributed by atoms with Gasteiger partial charge in [-0.2, -0.15) is 5.10 Å². The van der Waals surface area contributed by atoms with Gasteiger partial charge in [0.2, 0.25) is 0 Å². The Bertz CT molecular complexity index is 733. The van der Waals surface area contributed by atoms with Gasteiger partial charge in [-0.1, -0.05) is 18.2 Å². The van der Waals surface area contributed by atoms with E-state index < -0.39 is 0 Å². The molecule has 0 aliphatic heterocycles. The number of aromatic nitrogens is 2. The highest BCUT2D eigenvalue weighted by molar-refractivity contribution is 9.10. The maximum atomic E-state index is 12.2. The van der Waals surface area contributed by atoms with Crippen molar-refractivity contribution in [1.29, 1.82) is 0 Å². The quantitative estimate of drug-likeness (QED) is 0.666. The summed E-state index contributed by atoms with van der Waals surface area (Å²) in [4.78, 5) is 13.3. The summed E-state index contributed by atoms with van der Waals surface area (Å²) in [5.74, 6) is 0.0848. The van der Waals surface area contributed by atoms with E-state index in [4.69, 9.17) is 0 Å². The van der Waals surface area contributed by atoms with E-state index in [9.17, 15) is 4.79 Å². The van der Waals surface area contributed by atoms with E-state index in [1.165, 1.54) is 0 Å². The van der Waals surface area contributed by atoms with Gasteiger partial charge in [0.25, 0.3) is 0 Å². The highest BCUT2D eigenvalue weighted by Crippen LogP contribution is 2.21. The Morgan fingerprint density at radius 3 is 2.80 bits per heavy atom. The number of nitrogens with zero attached hydrogens (tertiary/aromatic N) is 2. The van der Waals surface area contributed by atoms with Gasteiger partial charge in [-0.3, -0.25) is 4.79 Å². The van der Waals surface area contributed by atoms with Crippen LogP contribution in [-0.2, 0) is 6.42 Å². The summed E-state index contributed by atoms with van der Waals surface area (Å²) in [5.41, 5.74) is 1.59. The van der Waals surface area contributed by atoms with Crippen molar-refractivity contribution in [3.63, 3.8) is 0 Å². The fraction of sp³-hybridized carbons (Fsp3) is 0.0667. The average Bonchev–Trinajstić information content (AvgIpc) is 3.09. The van der Waals surface area contributed by atoms with Crippen molar-refractivity contribution in [2.75, 3.05) is 0 Å². The Balaban J connectivity index is 1.78. The van der Waals surface area contributed by atoms with Gasteiger partial charge in [0.15, 0.2) is 5.78 Å². The van der Waals surface area contributed by atoms with Gasteiger partial charge >= 0.3 is 0 Å². The molecule has 20 heavy (non-hydrogen) atoms. The Morgan fingerprint density at radius 1 is 1.30 bits per heavy atom. The zero-order chi connectivity index (χ0) is 13.9. The molecule has 0 aliphatic carbocycles. The van der Waals surface area contributed by atoms with Crippen LogP contribution in [-0.4, -0.2) is 15.6 Å². The summed E-state index contributed by atoms with van der Waals surface area (Å²) >= 11 is 4.98. The largest absolute Gasteiger partial charge is 0.294 e. The van der Waals surface area contributed by atoms with Crippen molar-refractivity contribution in [2.24, 2.45) is 0 Å². The first-order valence-electron chi connectivity index (χ1n) is 6.08. The minimum Gasteiger partial charge on any atom is -0.294 e. The first-order valence-corrected chi connectivity index (χ1v) is 7.76. The van der Waals surface area contributed by atoms with Crippen LogP contribution >= 0.6 is 27.3 Å². The zero-order valence-electron chi connectivity index (χ0n) is 10.5. The number of Topliss-reactive ketones (excluding diaryl/α,β-unsaturated/α-hetero) is 1. The highest BCUT2D eigenvalue weighted by Gasteiger charge is 2.11. The fourth-order valence-corrected chi connectivity index (χ4v) is 3.35. The molecule has 1 aromatic carbocycles. The zero-order valence-corrected chi connectivity index (χ0v) is 12.9. The van der Waals surface area contributed by atoms with Gasteiger partial charge in [-0.15, -0.1) is 11.3 Å². The second-order valence-electron chi connectivity index (χ2n) is 4.34. The van der Waals surface area contributed by atoms with Crippen LogP contribution in [0.1, 0.15) is 15.2 Å². The lowest BCUT2D eigenvalue weighted by atomic mass is 10.1. The number of carbonyl (C=O) groups excluding carboxylic acids is 1. The number of ketones is 1. The van der Waals surface area contributed by atoms with Crippen LogP contribution in [0.15, 0.2) is 58.6 Å². The summed E-state index contributed by atoms with van der Waals surface area (Å²) in [6, 6.07) is 11.7. The predicted octanol–water partition coefficient (Wildman–Crippen LogP) is 4.12. The second kappa shape index (κ2) is 5.73. The summed E-state index contributed by atoms with van der Waals surface area (Å²) in [7, 11) is 0. The Labute approximate surface area is 129 Å². The second-order valence-corrected chi connectivity index (χ2v) is 6.25. The van der Waals surface area contributed by atoms with E-state index >= 15 is 0 Å². The van der Waals surface area contributed by atoms with Crippen LogP contribution < -0.4 is 0 Å². The number of hydrogen-bond donors (Lipinski definition) is 0. The van der Waals surface area contributed by atoms with Crippen molar-refractivity contribution >= 4 is 33.0 Å². The number of thiophene rings is 1. The maximum absolute atomic E-state index is 12.2. The van der Waals surface area contributed by atoms with Crippen molar-refractivity contribution < 1.29 is 4.79 Å². The van der Waals surface area contributed by atoms with E-state index in [2.05, 4.69) is 21.0 Å². The van der Waals surface area contributed by atoms with Crippen molar-refractivity contribution in [1.82, 2.24) is 9.78 Å². The molecule has 0 saturated carbocycles. The molecule has 3 aromatic rings. The topological polar surface area (TPSA) is 34.9 Å². The fourth-order valence-electron chi connectivity index (χ4n) is 1.90. The van der Waals surface area contributed by atoms with Crippen LogP contribution in [0.4, 0.5) is 0 Å². The van der Waals surface area contributed by atoms with E-state index in [0.29, 0.717) is 12.0 Å². The number of hydrogen-bond acceptors (Lipinski definition) is 3. The molecule has 0 unspecified atom stereocenters. The first-order chi connectivity index (χ1) is 9.72.